The summed E-state index contributed by atoms with van der Waals surface area (Å²) < 4.78 is 0. The highest BCUT2D eigenvalue weighted by molar-refractivity contribution is 5.19. The molecule has 12 heavy (non-hydrogen) atoms. The molecule has 0 aliphatic heterocycles. The van der Waals surface area contributed by atoms with Gasteiger partial charge in [0.15, 0.2) is 0 Å². The summed E-state index contributed by atoms with van der Waals surface area (Å²) in [6, 6.07) is 0. The molecule has 1 heteroatoms. The highest BCUT2D eigenvalue weighted by Gasteiger charge is 2.49. The minimum absolute atomic E-state index is 0.0368. The number of aliphatic hydroxyl groups is 1. The van der Waals surface area contributed by atoms with E-state index in [-0.39, 0.29) is 6.10 Å². The molecule has 4 rings (SSSR count). The van der Waals surface area contributed by atoms with Crippen LogP contribution < -0.4 is 0 Å². The van der Waals surface area contributed by atoms with Gasteiger partial charge in [0, 0.05) is 5.92 Å². The Balaban J connectivity index is 1.98. The molecule has 4 aliphatic rings. The highest BCUT2D eigenvalue weighted by Crippen LogP contribution is 2.55. The van der Waals surface area contributed by atoms with Crippen LogP contribution in [0.4, 0.5) is 0 Å². The van der Waals surface area contributed by atoms with Crippen LogP contribution in [-0.2, 0) is 0 Å². The van der Waals surface area contributed by atoms with E-state index in [4.69, 9.17) is 0 Å². The first-order valence-electron chi connectivity index (χ1n) is 5.12. The summed E-state index contributed by atoms with van der Waals surface area (Å²) in [6.45, 7) is 4.14. The molecule has 0 spiro atoms. The maximum atomic E-state index is 9.94. The molecule has 5 unspecified atom stereocenters. The van der Waals surface area contributed by atoms with Gasteiger partial charge >= 0.3 is 0 Å². The third-order valence-corrected chi connectivity index (χ3v) is 4.32. The SMILES string of the molecule is C=C1C2CC3CC(C2)C(O)C1C3. The third kappa shape index (κ3) is 0.731. The predicted molar refractivity (Wildman–Crippen MR) is 47.6 cm³/mol. The van der Waals surface area contributed by atoms with E-state index in [1.165, 1.54) is 31.3 Å². The van der Waals surface area contributed by atoms with Crippen LogP contribution in [-0.4, -0.2) is 11.2 Å². The molecule has 4 saturated carbocycles. The van der Waals surface area contributed by atoms with E-state index >= 15 is 0 Å². The maximum absolute atomic E-state index is 9.94. The Kier molecular flexibility index (Phi) is 1.27. The molecule has 4 aliphatic carbocycles. The van der Waals surface area contributed by atoms with E-state index in [0.717, 1.165) is 11.8 Å². The van der Waals surface area contributed by atoms with Gasteiger partial charge in [0.1, 0.15) is 0 Å². The predicted octanol–water partition coefficient (Wildman–Crippen LogP) is 1.97. The summed E-state index contributed by atoms with van der Waals surface area (Å²) in [5, 5.41) is 9.94. The second-order valence-corrected chi connectivity index (χ2v) is 4.94. The summed E-state index contributed by atoms with van der Waals surface area (Å²) in [5.41, 5.74) is 1.37. The smallest absolute Gasteiger partial charge is 0.0634 e. The second-order valence-electron chi connectivity index (χ2n) is 4.94. The molecule has 0 saturated heterocycles. The van der Waals surface area contributed by atoms with E-state index in [0.29, 0.717) is 11.8 Å². The lowest BCUT2D eigenvalue weighted by atomic mass is 9.53. The zero-order valence-corrected chi connectivity index (χ0v) is 7.37. The molecule has 4 bridgehead atoms. The van der Waals surface area contributed by atoms with Crippen LogP contribution in [0, 0.1) is 23.7 Å². The Morgan fingerprint density at radius 3 is 2.83 bits per heavy atom. The number of hydrogen-bond donors (Lipinski definition) is 1. The van der Waals surface area contributed by atoms with Gasteiger partial charge in [-0.15, -0.1) is 0 Å². The lowest BCUT2D eigenvalue weighted by molar-refractivity contribution is -0.0576. The molecule has 1 nitrogen and oxygen atoms in total. The van der Waals surface area contributed by atoms with Crippen LogP contribution in [0.1, 0.15) is 25.7 Å². The maximum Gasteiger partial charge on any atom is 0.0634 e. The lowest BCUT2D eigenvalue weighted by Crippen LogP contribution is -2.49. The quantitative estimate of drug-likeness (QED) is 0.543. The lowest BCUT2D eigenvalue weighted by Gasteiger charge is -2.53. The van der Waals surface area contributed by atoms with Crippen molar-refractivity contribution in [2.75, 3.05) is 0 Å². The van der Waals surface area contributed by atoms with Gasteiger partial charge in [0.05, 0.1) is 6.10 Å². The van der Waals surface area contributed by atoms with Gasteiger partial charge < -0.3 is 5.11 Å². The van der Waals surface area contributed by atoms with E-state index in [2.05, 4.69) is 6.58 Å². The van der Waals surface area contributed by atoms with Crippen molar-refractivity contribution in [2.24, 2.45) is 23.7 Å². The Morgan fingerprint density at radius 1 is 1.17 bits per heavy atom. The topological polar surface area (TPSA) is 20.2 Å². The van der Waals surface area contributed by atoms with E-state index in [9.17, 15) is 5.11 Å². The van der Waals surface area contributed by atoms with Gasteiger partial charge in [-0.25, -0.2) is 0 Å². The van der Waals surface area contributed by atoms with Crippen LogP contribution in [0.3, 0.4) is 0 Å². The molecule has 4 fully saturated rings. The van der Waals surface area contributed by atoms with Gasteiger partial charge in [-0.3, -0.25) is 0 Å². The van der Waals surface area contributed by atoms with Crippen molar-refractivity contribution >= 4 is 0 Å². The molecular weight excluding hydrogens is 148 g/mol. The number of hydrogen-bond acceptors (Lipinski definition) is 1. The van der Waals surface area contributed by atoms with Crippen LogP contribution in [0.2, 0.25) is 0 Å². The molecular formula is C11H16O. The third-order valence-electron chi connectivity index (χ3n) is 4.32. The Labute approximate surface area is 73.5 Å². The average Bonchev–Trinajstić information content (AvgIpc) is 2.07. The van der Waals surface area contributed by atoms with Crippen molar-refractivity contribution < 1.29 is 5.11 Å². The van der Waals surface area contributed by atoms with Gasteiger partial charge in [-0.1, -0.05) is 12.2 Å². The summed E-state index contributed by atoms with van der Waals surface area (Å²) in [6.07, 6.45) is 5.09. The van der Waals surface area contributed by atoms with Crippen LogP contribution in [0.25, 0.3) is 0 Å². The second kappa shape index (κ2) is 2.14. The fraction of sp³-hybridized carbons (Fsp3) is 0.818. The largest absolute Gasteiger partial charge is 0.392 e. The van der Waals surface area contributed by atoms with E-state index in [1.54, 1.807) is 0 Å². The molecule has 0 radical (unpaired) electrons. The number of aliphatic hydroxyl groups excluding tert-OH is 1. The van der Waals surface area contributed by atoms with Crippen molar-refractivity contribution in [3.8, 4) is 0 Å². The molecule has 0 aromatic carbocycles. The van der Waals surface area contributed by atoms with Crippen molar-refractivity contribution in [2.45, 2.75) is 31.8 Å². The zero-order valence-electron chi connectivity index (χ0n) is 7.37. The minimum atomic E-state index is -0.0368. The fourth-order valence-electron chi connectivity index (χ4n) is 3.76. The van der Waals surface area contributed by atoms with Crippen LogP contribution >= 0.6 is 0 Å². The first kappa shape index (κ1) is 7.14. The molecule has 0 aromatic rings. The Hall–Kier alpha value is -0.300. The highest BCUT2D eigenvalue weighted by atomic mass is 16.3. The van der Waals surface area contributed by atoms with Gasteiger partial charge in [0.25, 0.3) is 0 Å². The van der Waals surface area contributed by atoms with Gasteiger partial charge in [-0.2, -0.15) is 0 Å². The van der Waals surface area contributed by atoms with Crippen LogP contribution in [0.15, 0.2) is 12.2 Å². The molecule has 0 aromatic heterocycles. The van der Waals surface area contributed by atoms with Crippen molar-refractivity contribution in [3.05, 3.63) is 12.2 Å². The van der Waals surface area contributed by atoms with Crippen molar-refractivity contribution in [1.29, 1.82) is 0 Å². The Morgan fingerprint density at radius 2 is 2.00 bits per heavy atom. The molecule has 0 heterocycles. The van der Waals surface area contributed by atoms with Gasteiger partial charge in [0.2, 0.25) is 0 Å². The summed E-state index contributed by atoms with van der Waals surface area (Å²) >= 11 is 0. The van der Waals surface area contributed by atoms with Crippen molar-refractivity contribution in [1.82, 2.24) is 0 Å². The van der Waals surface area contributed by atoms with Crippen molar-refractivity contribution in [3.63, 3.8) is 0 Å². The molecule has 66 valence electrons. The molecule has 5 atom stereocenters. The molecule has 0 amide bonds. The first-order valence-corrected chi connectivity index (χ1v) is 5.12. The average molecular weight is 164 g/mol. The summed E-state index contributed by atoms with van der Waals surface area (Å²) in [5.74, 6) is 2.79. The fourth-order valence-corrected chi connectivity index (χ4v) is 3.76. The summed E-state index contributed by atoms with van der Waals surface area (Å²) in [7, 11) is 0. The first-order chi connectivity index (χ1) is 5.75. The van der Waals surface area contributed by atoms with Crippen LogP contribution in [0.5, 0.6) is 0 Å². The van der Waals surface area contributed by atoms with Gasteiger partial charge in [-0.05, 0) is 43.4 Å². The summed E-state index contributed by atoms with van der Waals surface area (Å²) in [4.78, 5) is 0. The monoisotopic (exact) mass is 164 g/mol. The standard InChI is InChI=1S/C11H16O/c1-6-8-2-7-3-9(5-8)11(12)10(6)4-7/h7-12H,1-5H2. The van der Waals surface area contributed by atoms with E-state index in [1.807, 2.05) is 0 Å². The van der Waals surface area contributed by atoms with E-state index < -0.39 is 0 Å². The minimum Gasteiger partial charge on any atom is -0.392 e. The normalized spacial score (nSPS) is 56.4. The zero-order chi connectivity index (χ0) is 8.29. The molecule has 1 N–H and O–H groups in total. The number of rotatable bonds is 0. The Bertz CT molecular complexity index is 233.